The summed E-state index contributed by atoms with van der Waals surface area (Å²) in [6.45, 7) is 5.75. The van der Waals surface area contributed by atoms with Gasteiger partial charge < -0.3 is 14.9 Å². The van der Waals surface area contributed by atoms with Crippen LogP contribution in [-0.4, -0.2) is 77.3 Å². The highest BCUT2D eigenvalue weighted by Crippen LogP contribution is 2.27. The summed E-state index contributed by atoms with van der Waals surface area (Å²) >= 11 is 0. The molecule has 2 N–H and O–H groups in total. The molecule has 0 unspecified atom stereocenters. The second kappa shape index (κ2) is 6.21. The Balaban J connectivity index is 1.85. The van der Waals surface area contributed by atoms with Crippen LogP contribution in [0.3, 0.4) is 0 Å². The van der Waals surface area contributed by atoms with E-state index in [2.05, 4.69) is 20.9 Å². The van der Waals surface area contributed by atoms with Gasteiger partial charge in [0.05, 0.1) is 17.5 Å². The Morgan fingerprint density at radius 3 is 2.62 bits per heavy atom. The van der Waals surface area contributed by atoms with Gasteiger partial charge in [0.2, 0.25) is 0 Å². The molecule has 9 heteroatoms. The molecule has 1 amide bonds. The molecule has 3 rings (SSSR count). The fourth-order valence-corrected chi connectivity index (χ4v) is 5.42. The van der Waals surface area contributed by atoms with Crippen LogP contribution in [0.15, 0.2) is 22.6 Å². The molecule has 8 nitrogen and oxygen atoms in total. The average Bonchev–Trinajstić information content (AvgIpc) is 3.06. The first-order valence-corrected chi connectivity index (χ1v) is 9.75. The maximum Gasteiger partial charge on any atom is 0.323 e. The molecule has 0 bridgehead atoms. The van der Waals surface area contributed by atoms with Crippen LogP contribution in [0.25, 0.3) is 0 Å². The van der Waals surface area contributed by atoms with E-state index in [0.717, 1.165) is 0 Å². The second-order valence-electron chi connectivity index (χ2n) is 6.64. The van der Waals surface area contributed by atoms with E-state index in [0.29, 0.717) is 19.6 Å². The summed E-state index contributed by atoms with van der Waals surface area (Å²) in [5, 5.41) is 0. The molecule has 1 aromatic rings. The lowest BCUT2D eigenvalue weighted by molar-refractivity contribution is 0.0363. The van der Waals surface area contributed by atoms with Crippen molar-refractivity contribution < 1.29 is 13.2 Å². The molecule has 3 heterocycles. The maximum absolute atomic E-state index is 12.7. The molecule has 0 saturated carbocycles. The number of piperazine rings is 1. The molecule has 0 aromatic carbocycles. The van der Waals surface area contributed by atoms with Crippen LogP contribution in [0, 0.1) is 0 Å². The first kappa shape index (κ1) is 17.0. The van der Waals surface area contributed by atoms with Crippen molar-refractivity contribution in [3.05, 3.63) is 34.0 Å². The average molecular weight is 354 g/mol. The summed E-state index contributed by atoms with van der Waals surface area (Å²) in [5.74, 6) is -0.284. The van der Waals surface area contributed by atoms with Crippen LogP contribution in [0.5, 0.6) is 0 Å². The number of aromatic amines is 2. The van der Waals surface area contributed by atoms with Crippen molar-refractivity contribution in [3.63, 3.8) is 0 Å². The predicted molar refractivity (Wildman–Crippen MR) is 89.7 cm³/mol. The third kappa shape index (κ3) is 3.32. The number of H-pyrrole nitrogens is 2. The third-order valence-electron chi connectivity index (χ3n) is 4.61. The Kier molecular flexibility index (Phi) is 4.39. The first-order chi connectivity index (χ1) is 11.3. The van der Waals surface area contributed by atoms with Gasteiger partial charge in [-0.3, -0.25) is 9.69 Å². The molecule has 2 atom stereocenters. The summed E-state index contributed by atoms with van der Waals surface area (Å²) in [6.07, 6.45) is 3.40. The largest absolute Gasteiger partial charge is 0.330 e. The fraction of sp³-hybridized carbons (Fsp3) is 0.600. The summed E-state index contributed by atoms with van der Waals surface area (Å²) in [4.78, 5) is 32.4. The van der Waals surface area contributed by atoms with Gasteiger partial charge in [0.15, 0.2) is 9.84 Å². The van der Waals surface area contributed by atoms with Crippen LogP contribution in [0.1, 0.15) is 24.3 Å². The van der Waals surface area contributed by atoms with E-state index < -0.39 is 15.5 Å². The molecule has 2 aliphatic heterocycles. The highest BCUT2D eigenvalue weighted by atomic mass is 32.2. The number of nitrogens with zero attached hydrogens (tertiary/aromatic N) is 2. The van der Waals surface area contributed by atoms with E-state index >= 15 is 0 Å². The van der Waals surface area contributed by atoms with Gasteiger partial charge in [-0.25, -0.2) is 13.2 Å². The zero-order chi connectivity index (χ0) is 17.5. The van der Waals surface area contributed by atoms with Gasteiger partial charge in [-0.05, 0) is 13.8 Å². The zero-order valence-electron chi connectivity index (χ0n) is 13.8. The highest BCUT2D eigenvalue weighted by molar-refractivity contribution is 7.91. The summed E-state index contributed by atoms with van der Waals surface area (Å²) < 4.78 is 24.3. The number of rotatable bonds is 3. The number of carbonyl (C=O) groups is 1. The molecule has 0 spiro atoms. The summed E-state index contributed by atoms with van der Waals surface area (Å²) in [7, 11) is -3.18. The van der Waals surface area contributed by atoms with Crippen LogP contribution >= 0.6 is 0 Å². The quantitative estimate of drug-likeness (QED) is 0.718. The van der Waals surface area contributed by atoms with Gasteiger partial charge in [-0.1, -0.05) is 11.6 Å². The number of aromatic nitrogens is 2. The third-order valence-corrected chi connectivity index (χ3v) is 6.31. The van der Waals surface area contributed by atoms with Crippen molar-refractivity contribution in [2.75, 3.05) is 31.1 Å². The number of hydrogen-bond donors (Lipinski definition) is 2. The SMILES string of the molecule is CC(C)=CCN1CCN(C(=O)c2c[nH]c(=O)[nH]2)[C@H]2CS(=O)(=O)C[C@H]21. The van der Waals surface area contributed by atoms with Crippen molar-refractivity contribution in [2.24, 2.45) is 0 Å². The number of nitrogens with one attached hydrogen (secondary N) is 2. The molecular formula is C15H22N4O4S. The molecule has 0 aliphatic carbocycles. The molecule has 2 fully saturated rings. The van der Waals surface area contributed by atoms with E-state index in [1.807, 2.05) is 13.8 Å². The van der Waals surface area contributed by atoms with Crippen LogP contribution in [0.4, 0.5) is 0 Å². The Labute approximate surface area is 140 Å². The standard InChI is InChI=1S/C15H22N4O4S/c1-10(2)3-4-18-5-6-19(13-9-24(22,23)8-12(13)18)14(20)11-7-16-15(21)17-11/h3,7,12-13H,4-6,8-9H2,1-2H3,(H2,16,17,21)/t12-,13+/m1/s1. The van der Waals surface area contributed by atoms with Gasteiger partial charge in [0, 0.05) is 31.9 Å². The molecule has 0 radical (unpaired) electrons. The number of carbonyl (C=O) groups excluding carboxylic acids is 1. The molecule has 24 heavy (non-hydrogen) atoms. The minimum absolute atomic E-state index is 0.0244. The molecule has 1 aromatic heterocycles. The van der Waals surface area contributed by atoms with E-state index in [-0.39, 0.29) is 35.2 Å². The lowest BCUT2D eigenvalue weighted by Crippen LogP contribution is -2.60. The summed E-state index contributed by atoms with van der Waals surface area (Å²) in [5.41, 5.74) is 0.896. The number of allylic oxidation sites excluding steroid dienone is 1. The number of fused-ring (bicyclic) bond motifs is 1. The Hall–Kier alpha value is -1.87. The van der Waals surface area contributed by atoms with Gasteiger partial charge >= 0.3 is 5.69 Å². The van der Waals surface area contributed by atoms with E-state index in [1.165, 1.54) is 11.8 Å². The molecule has 132 valence electrons. The normalized spacial score (nSPS) is 26.2. The smallest absolute Gasteiger partial charge is 0.323 e. The Morgan fingerprint density at radius 1 is 1.29 bits per heavy atom. The lowest BCUT2D eigenvalue weighted by Gasteiger charge is -2.43. The van der Waals surface area contributed by atoms with Crippen LogP contribution in [0.2, 0.25) is 0 Å². The van der Waals surface area contributed by atoms with E-state index in [1.54, 1.807) is 4.90 Å². The highest BCUT2D eigenvalue weighted by Gasteiger charge is 2.48. The Bertz CT molecular complexity index is 819. The Morgan fingerprint density at radius 2 is 2.00 bits per heavy atom. The van der Waals surface area contributed by atoms with Crippen molar-refractivity contribution >= 4 is 15.7 Å². The van der Waals surface area contributed by atoms with Crippen LogP contribution < -0.4 is 5.69 Å². The van der Waals surface area contributed by atoms with Gasteiger partial charge in [-0.2, -0.15) is 0 Å². The molecule has 2 aliphatic rings. The van der Waals surface area contributed by atoms with Crippen molar-refractivity contribution in [1.82, 2.24) is 19.8 Å². The first-order valence-electron chi connectivity index (χ1n) is 7.93. The van der Waals surface area contributed by atoms with Gasteiger partial charge in [0.25, 0.3) is 5.91 Å². The van der Waals surface area contributed by atoms with E-state index in [9.17, 15) is 18.0 Å². The second-order valence-corrected chi connectivity index (χ2v) is 8.80. The fourth-order valence-electron chi connectivity index (χ4n) is 3.41. The topological polar surface area (TPSA) is 106 Å². The molecular weight excluding hydrogens is 332 g/mol. The van der Waals surface area contributed by atoms with Crippen molar-refractivity contribution in [1.29, 1.82) is 0 Å². The van der Waals surface area contributed by atoms with Crippen molar-refractivity contribution in [3.8, 4) is 0 Å². The number of hydrogen-bond acceptors (Lipinski definition) is 5. The van der Waals surface area contributed by atoms with Gasteiger partial charge in [0.1, 0.15) is 5.69 Å². The molecule has 2 saturated heterocycles. The van der Waals surface area contributed by atoms with Crippen LogP contribution in [-0.2, 0) is 9.84 Å². The zero-order valence-corrected chi connectivity index (χ0v) is 14.6. The maximum atomic E-state index is 12.7. The minimum atomic E-state index is -3.18. The number of imidazole rings is 1. The monoisotopic (exact) mass is 354 g/mol. The number of sulfone groups is 1. The lowest BCUT2D eigenvalue weighted by atomic mass is 10.0. The minimum Gasteiger partial charge on any atom is -0.330 e. The van der Waals surface area contributed by atoms with Gasteiger partial charge in [-0.15, -0.1) is 0 Å². The number of amides is 1. The summed E-state index contributed by atoms with van der Waals surface area (Å²) in [6, 6.07) is -0.575. The van der Waals surface area contributed by atoms with Crippen molar-refractivity contribution in [2.45, 2.75) is 25.9 Å². The predicted octanol–water partition coefficient (Wildman–Crippen LogP) is -0.407. The van der Waals surface area contributed by atoms with E-state index in [4.69, 9.17) is 0 Å².